The number of carbonyl (C=O) groups is 1. The average molecular weight is 420 g/mol. The number of aryl methyl sites for hydroxylation is 2. The van der Waals surface area contributed by atoms with Crippen molar-refractivity contribution in [2.45, 2.75) is 47.0 Å². The van der Waals surface area contributed by atoms with Crippen molar-refractivity contribution in [2.75, 3.05) is 0 Å². The van der Waals surface area contributed by atoms with Crippen molar-refractivity contribution in [2.24, 2.45) is 10.1 Å². The number of hydrogen-bond donors (Lipinski definition) is 1. The normalized spacial score (nSPS) is 17.5. The Bertz CT molecular complexity index is 1120. The number of rotatable bonds is 5. The number of benzene rings is 1. The van der Waals surface area contributed by atoms with E-state index in [-0.39, 0.29) is 17.3 Å². The highest BCUT2D eigenvalue weighted by molar-refractivity contribution is 8.26. The molecule has 1 aromatic carbocycles. The van der Waals surface area contributed by atoms with Gasteiger partial charge in [-0.25, -0.2) is 0 Å². The number of hydrogen-bond acceptors (Lipinski definition) is 4. The first-order valence-corrected chi connectivity index (χ1v) is 11.0. The maximum Gasteiger partial charge on any atom is 0.283 e. The molecule has 0 atom stereocenters. The number of nitrogens with one attached hydrogen (secondary N) is 1. The highest BCUT2D eigenvalue weighted by Gasteiger charge is 2.35. The lowest BCUT2D eigenvalue weighted by molar-refractivity contribution is -0.114. The highest BCUT2D eigenvalue weighted by atomic mass is 32.2. The van der Waals surface area contributed by atoms with Crippen LogP contribution in [0.5, 0.6) is 0 Å². The van der Waals surface area contributed by atoms with Gasteiger partial charge in [-0.15, -0.1) is 0 Å². The Kier molecular flexibility index (Phi) is 5.47. The van der Waals surface area contributed by atoms with Gasteiger partial charge in [-0.1, -0.05) is 31.0 Å². The van der Waals surface area contributed by atoms with Crippen molar-refractivity contribution in [1.29, 1.82) is 5.41 Å². The number of aromatic nitrogens is 1. The van der Waals surface area contributed by atoms with Gasteiger partial charge in [0.2, 0.25) is 5.17 Å². The number of hydrazone groups is 1. The topological polar surface area (TPSA) is 73.8 Å². The summed E-state index contributed by atoms with van der Waals surface area (Å²) in [6.07, 6.45) is 4.71. The van der Waals surface area contributed by atoms with Gasteiger partial charge in [0.15, 0.2) is 5.84 Å². The van der Waals surface area contributed by atoms with E-state index in [1.807, 2.05) is 19.9 Å². The second-order valence-corrected chi connectivity index (χ2v) is 8.66. The molecule has 3 heterocycles. The highest BCUT2D eigenvalue weighted by Crippen LogP contribution is 2.31. The first-order chi connectivity index (χ1) is 14.4. The third-order valence-corrected chi connectivity index (χ3v) is 6.27. The van der Waals surface area contributed by atoms with Crippen LogP contribution in [0.15, 0.2) is 46.0 Å². The van der Waals surface area contributed by atoms with Crippen LogP contribution in [0.1, 0.15) is 48.7 Å². The quantitative estimate of drug-likeness (QED) is 0.676. The number of unbranched alkanes of at least 4 members (excludes halogenated alkanes) is 1. The first-order valence-electron chi connectivity index (χ1n) is 10.1. The maximum absolute atomic E-state index is 12.7. The lowest BCUT2D eigenvalue weighted by atomic mass is 10.1. The van der Waals surface area contributed by atoms with Gasteiger partial charge in [0.05, 0.1) is 5.57 Å². The maximum atomic E-state index is 12.7. The number of amides is 1. The molecule has 0 aliphatic carbocycles. The second-order valence-electron chi connectivity index (χ2n) is 7.61. The van der Waals surface area contributed by atoms with Crippen molar-refractivity contribution >= 4 is 39.8 Å². The SMILES string of the molecule is CCCCC1=NN2C(=N)/C(=C\c3cc(C)n(-c4ccc(C)cc4)c3C)C(=O)N=C2S1. The van der Waals surface area contributed by atoms with E-state index in [2.05, 4.69) is 52.8 Å². The van der Waals surface area contributed by atoms with Gasteiger partial charge in [0, 0.05) is 17.1 Å². The predicted molar refractivity (Wildman–Crippen MR) is 125 cm³/mol. The molecule has 0 saturated carbocycles. The Morgan fingerprint density at radius 2 is 1.90 bits per heavy atom. The van der Waals surface area contributed by atoms with Crippen molar-refractivity contribution in [3.63, 3.8) is 0 Å². The minimum Gasteiger partial charge on any atom is -0.318 e. The number of nitrogens with zero attached hydrogens (tertiary/aromatic N) is 4. The molecule has 0 radical (unpaired) electrons. The van der Waals surface area contributed by atoms with E-state index in [4.69, 9.17) is 5.41 Å². The van der Waals surface area contributed by atoms with E-state index in [0.29, 0.717) is 5.17 Å². The van der Waals surface area contributed by atoms with Crippen LogP contribution in [0, 0.1) is 26.2 Å². The van der Waals surface area contributed by atoms with Gasteiger partial charge in [0.1, 0.15) is 5.04 Å². The molecule has 1 aromatic heterocycles. The Morgan fingerprint density at radius 1 is 1.17 bits per heavy atom. The molecule has 154 valence electrons. The number of thioether (sulfide) groups is 1. The molecule has 0 spiro atoms. The van der Waals surface area contributed by atoms with Crippen LogP contribution in [-0.4, -0.2) is 31.5 Å². The zero-order valence-corrected chi connectivity index (χ0v) is 18.5. The second kappa shape index (κ2) is 8.07. The smallest absolute Gasteiger partial charge is 0.283 e. The van der Waals surface area contributed by atoms with Crippen LogP contribution in [0.4, 0.5) is 0 Å². The Labute approximate surface area is 180 Å². The minimum atomic E-state index is -0.383. The summed E-state index contributed by atoms with van der Waals surface area (Å²) in [5, 5.41) is 16.0. The molecule has 0 saturated heterocycles. The lowest BCUT2D eigenvalue weighted by Gasteiger charge is -2.20. The molecule has 2 aromatic rings. The number of fused-ring (bicyclic) bond motifs is 1. The van der Waals surface area contributed by atoms with Gasteiger partial charge >= 0.3 is 0 Å². The van der Waals surface area contributed by atoms with Gasteiger partial charge < -0.3 is 4.57 Å². The van der Waals surface area contributed by atoms with E-state index in [1.54, 1.807) is 6.08 Å². The van der Waals surface area contributed by atoms with E-state index in [9.17, 15) is 4.79 Å². The number of amidine groups is 2. The van der Waals surface area contributed by atoms with E-state index < -0.39 is 0 Å². The molecule has 7 heteroatoms. The summed E-state index contributed by atoms with van der Waals surface area (Å²) in [6, 6.07) is 10.4. The van der Waals surface area contributed by atoms with Crippen molar-refractivity contribution in [3.05, 3.63) is 58.4 Å². The molecule has 0 unspecified atom stereocenters. The molecule has 2 aliphatic heterocycles. The Balaban J connectivity index is 1.68. The largest absolute Gasteiger partial charge is 0.318 e. The first kappa shape index (κ1) is 20.3. The summed E-state index contributed by atoms with van der Waals surface area (Å²) < 4.78 is 2.16. The summed E-state index contributed by atoms with van der Waals surface area (Å²) in [5.41, 5.74) is 5.54. The minimum absolute atomic E-state index is 0.0872. The van der Waals surface area contributed by atoms with Gasteiger partial charge in [-0.3, -0.25) is 10.2 Å². The Hall–Kier alpha value is -2.93. The standard InChI is InChI=1S/C23H25N5OS/c1-5-6-7-20-26-28-21(24)19(22(29)25-23(28)30-20)13-17-12-15(3)27(16(17)4)18-10-8-14(2)9-11-18/h8-13,24H,5-7H2,1-4H3/b19-13+,24-21?. The van der Waals surface area contributed by atoms with Crippen molar-refractivity contribution in [1.82, 2.24) is 9.58 Å². The molecule has 1 N–H and O–H groups in total. The van der Waals surface area contributed by atoms with Crippen molar-refractivity contribution in [3.8, 4) is 5.69 Å². The molecule has 1 amide bonds. The Morgan fingerprint density at radius 3 is 2.60 bits per heavy atom. The molecule has 0 bridgehead atoms. The summed E-state index contributed by atoms with van der Waals surface area (Å²) in [4.78, 5) is 16.9. The molecule has 6 nitrogen and oxygen atoms in total. The van der Waals surface area contributed by atoms with Crippen LogP contribution in [0.2, 0.25) is 0 Å². The molecular weight excluding hydrogens is 394 g/mol. The van der Waals surface area contributed by atoms with Crippen LogP contribution in [0.25, 0.3) is 11.8 Å². The van der Waals surface area contributed by atoms with Gasteiger partial charge in [-0.2, -0.15) is 15.1 Å². The fourth-order valence-electron chi connectivity index (χ4n) is 3.64. The molecule has 0 fully saturated rings. The third-order valence-electron chi connectivity index (χ3n) is 5.30. The van der Waals surface area contributed by atoms with Gasteiger partial charge in [-0.05, 0) is 75.2 Å². The molecule has 30 heavy (non-hydrogen) atoms. The van der Waals surface area contributed by atoms with Crippen LogP contribution in [0.3, 0.4) is 0 Å². The summed E-state index contributed by atoms with van der Waals surface area (Å²) >= 11 is 1.39. The summed E-state index contributed by atoms with van der Waals surface area (Å²) in [6.45, 7) is 8.26. The third kappa shape index (κ3) is 3.65. The zero-order chi connectivity index (χ0) is 21.4. The van der Waals surface area contributed by atoms with E-state index in [1.165, 1.54) is 22.3 Å². The fraction of sp³-hybridized carbons (Fsp3) is 0.304. The molecule has 4 rings (SSSR count). The molecular formula is C23H25N5OS. The van der Waals surface area contributed by atoms with Crippen LogP contribution in [-0.2, 0) is 4.79 Å². The molecule has 2 aliphatic rings. The summed E-state index contributed by atoms with van der Waals surface area (Å²) in [7, 11) is 0. The lowest BCUT2D eigenvalue weighted by Crippen LogP contribution is -2.35. The van der Waals surface area contributed by atoms with Crippen LogP contribution < -0.4 is 0 Å². The van der Waals surface area contributed by atoms with Gasteiger partial charge in [0.25, 0.3) is 5.91 Å². The van der Waals surface area contributed by atoms with Crippen LogP contribution >= 0.6 is 11.8 Å². The summed E-state index contributed by atoms with van der Waals surface area (Å²) in [5.74, 6) is -0.296. The zero-order valence-electron chi connectivity index (χ0n) is 17.7. The number of carbonyl (C=O) groups excluding carboxylic acids is 1. The average Bonchev–Trinajstić information content (AvgIpc) is 3.24. The van der Waals surface area contributed by atoms with E-state index >= 15 is 0 Å². The van der Waals surface area contributed by atoms with E-state index in [0.717, 1.165) is 46.9 Å². The monoisotopic (exact) mass is 419 g/mol. The fourth-order valence-corrected chi connectivity index (χ4v) is 4.57. The predicted octanol–water partition coefficient (Wildman–Crippen LogP) is 5.21. The number of aliphatic imine (C=N–C) groups is 1. The van der Waals surface area contributed by atoms with Crippen molar-refractivity contribution < 1.29 is 4.79 Å².